The molecule has 0 spiro atoms. The number of rotatable bonds is 6. The number of thiophene rings is 1. The van der Waals surface area contributed by atoms with Gasteiger partial charge >= 0.3 is 0 Å². The Labute approximate surface area is 209 Å². The normalized spacial score (nSPS) is 18.9. The van der Waals surface area contributed by atoms with Crippen molar-refractivity contribution in [2.75, 3.05) is 44.8 Å². The van der Waals surface area contributed by atoms with Crippen molar-refractivity contribution < 1.29 is 18.7 Å². The number of likely N-dealkylation sites (N-methyl/N-ethyl adjacent to an activating group) is 1. The van der Waals surface area contributed by atoms with E-state index in [1.807, 2.05) is 6.07 Å². The van der Waals surface area contributed by atoms with E-state index in [4.69, 9.17) is 13.9 Å². The molecule has 2 aromatic heterocycles. The van der Waals surface area contributed by atoms with E-state index >= 15 is 0 Å². The van der Waals surface area contributed by atoms with Gasteiger partial charge in [-0.25, -0.2) is 0 Å². The fraction of sp³-hybridized carbons (Fsp3) is 0.444. The minimum absolute atomic E-state index is 0.0357. The maximum atomic E-state index is 13.1. The summed E-state index contributed by atoms with van der Waals surface area (Å²) in [6.07, 6.45) is 6.04. The number of anilines is 1. The van der Waals surface area contributed by atoms with E-state index in [2.05, 4.69) is 34.2 Å². The van der Waals surface area contributed by atoms with Crippen LogP contribution in [0.1, 0.15) is 57.9 Å². The Morgan fingerprint density at radius 1 is 1.09 bits per heavy atom. The van der Waals surface area contributed by atoms with Gasteiger partial charge in [-0.15, -0.1) is 11.3 Å². The standard InChI is InChI=1S/C27H31N3O4S/c1-2-29-11-13-30(14-12-29)25(18-9-10-20-22(16-18)34-17-33-20)24-19-6-3-4-8-23(19)35-27(24)28-26(31)21-7-5-15-32-21/h5,7,9-10,15-16,25H,2-4,6,8,11-14,17H2,1H3,(H,28,31)/t25-/m1/s1. The van der Waals surface area contributed by atoms with Gasteiger partial charge in [-0.1, -0.05) is 13.0 Å². The highest BCUT2D eigenvalue weighted by Crippen LogP contribution is 2.47. The van der Waals surface area contributed by atoms with E-state index in [0.717, 1.165) is 62.1 Å². The lowest BCUT2D eigenvalue weighted by molar-refractivity contribution is 0.0995. The van der Waals surface area contributed by atoms with Crippen LogP contribution in [-0.4, -0.2) is 55.2 Å². The van der Waals surface area contributed by atoms with Crippen LogP contribution in [0.3, 0.4) is 0 Å². The molecule has 1 aliphatic carbocycles. The van der Waals surface area contributed by atoms with Crippen molar-refractivity contribution in [1.29, 1.82) is 0 Å². The van der Waals surface area contributed by atoms with Gasteiger partial charge < -0.3 is 24.1 Å². The minimum Gasteiger partial charge on any atom is -0.459 e. The number of ether oxygens (including phenoxy) is 2. The van der Waals surface area contributed by atoms with Crippen LogP contribution >= 0.6 is 11.3 Å². The van der Waals surface area contributed by atoms with E-state index in [1.54, 1.807) is 23.5 Å². The van der Waals surface area contributed by atoms with Gasteiger partial charge in [-0.05, 0) is 67.6 Å². The predicted octanol–water partition coefficient (Wildman–Crippen LogP) is 4.93. The molecule has 3 aromatic rings. The molecule has 1 amide bonds. The molecule has 0 unspecified atom stereocenters. The number of aryl methyl sites for hydroxylation is 1. The zero-order chi connectivity index (χ0) is 23.8. The van der Waals surface area contributed by atoms with Gasteiger partial charge in [0, 0.05) is 36.6 Å². The van der Waals surface area contributed by atoms with Gasteiger partial charge in [0.25, 0.3) is 5.91 Å². The summed E-state index contributed by atoms with van der Waals surface area (Å²) in [6.45, 7) is 7.59. The number of furan rings is 1. The largest absolute Gasteiger partial charge is 0.459 e. The van der Waals surface area contributed by atoms with Gasteiger partial charge in [0.1, 0.15) is 5.00 Å². The maximum absolute atomic E-state index is 13.1. The highest BCUT2D eigenvalue weighted by atomic mass is 32.1. The molecule has 4 heterocycles. The average Bonchev–Trinajstić information content (AvgIpc) is 3.65. The van der Waals surface area contributed by atoms with Crippen molar-refractivity contribution in [2.45, 2.75) is 38.6 Å². The number of carbonyl (C=O) groups is 1. The predicted molar refractivity (Wildman–Crippen MR) is 136 cm³/mol. The Balaban J connectivity index is 1.44. The quantitative estimate of drug-likeness (QED) is 0.525. The second kappa shape index (κ2) is 9.68. The Morgan fingerprint density at radius 2 is 1.91 bits per heavy atom. The van der Waals surface area contributed by atoms with Crippen molar-refractivity contribution in [3.63, 3.8) is 0 Å². The van der Waals surface area contributed by atoms with Crippen molar-refractivity contribution >= 4 is 22.2 Å². The van der Waals surface area contributed by atoms with Gasteiger partial charge in [0.05, 0.1) is 12.3 Å². The minimum atomic E-state index is -0.199. The number of nitrogens with zero attached hydrogens (tertiary/aromatic N) is 2. The monoisotopic (exact) mass is 493 g/mol. The molecular formula is C27H31N3O4S. The van der Waals surface area contributed by atoms with E-state index in [0.29, 0.717) is 5.76 Å². The van der Waals surface area contributed by atoms with Gasteiger partial charge in [0.15, 0.2) is 17.3 Å². The first kappa shape index (κ1) is 22.6. The summed E-state index contributed by atoms with van der Waals surface area (Å²) in [5.41, 5.74) is 3.84. The van der Waals surface area contributed by atoms with E-state index < -0.39 is 0 Å². The third kappa shape index (κ3) is 4.35. The molecule has 1 saturated heterocycles. The first-order valence-electron chi connectivity index (χ1n) is 12.6. The van der Waals surface area contributed by atoms with Gasteiger partial charge in [0.2, 0.25) is 6.79 Å². The summed E-state index contributed by atoms with van der Waals surface area (Å²) in [7, 11) is 0. The molecule has 0 saturated carbocycles. The lowest BCUT2D eigenvalue weighted by atomic mass is 9.88. The second-order valence-corrected chi connectivity index (χ2v) is 10.5. The summed E-state index contributed by atoms with van der Waals surface area (Å²) in [6, 6.07) is 9.81. The zero-order valence-electron chi connectivity index (χ0n) is 20.0. The van der Waals surface area contributed by atoms with Crippen LogP contribution in [0.15, 0.2) is 41.0 Å². The molecule has 184 valence electrons. The molecule has 1 aromatic carbocycles. The van der Waals surface area contributed by atoms with Crippen molar-refractivity contribution in [3.05, 3.63) is 63.9 Å². The Morgan fingerprint density at radius 3 is 2.71 bits per heavy atom. The molecule has 6 rings (SSSR count). The number of carbonyl (C=O) groups excluding carboxylic acids is 1. The Bertz CT molecular complexity index is 1200. The fourth-order valence-corrected chi connectivity index (χ4v) is 6.84. The number of fused-ring (bicyclic) bond motifs is 2. The average molecular weight is 494 g/mol. The van der Waals surface area contributed by atoms with Gasteiger partial charge in [-0.3, -0.25) is 9.69 Å². The third-order valence-corrected chi connectivity index (χ3v) is 8.61. The Hall–Kier alpha value is -2.81. The van der Waals surface area contributed by atoms with E-state index in [1.165, 1.54) is 40.7 Å². The molecule has 0 radical (unpaired) electrons. The molecular weight excluding hydrogens is 462 g/mol. The lowest BCUT2D eigenvalue weighted by Crippen LogP contribution is -2.47. The summed E-state index contributed by atoms with van der Waals surface area (Å²) >= 11 is 1.74. The third-order valence-electron chi connectivity index (χ3n) is 7.39. The molecule has 1 N–H and O–H groups in total. The number of hydrogen-bond acceptors (Lipinski definition) is 7. The SMILES string of the molecule is CCN1CCN([C@H](c2ccc3c(c2)OCO3)c2c(NC(=O)c3ccco3)sc3c2CCCC3)CC1. The van der Waals surface area contributed by atoms with Crippen LogP contribution in [0, 0.1) is 0 Å². The van der Waals surface area contributed by atoms with Crippen molar-refractivity contribution in [2.24, 2.45) is 0 Å². The van der Waals surface area contributed by atoms with Crippen LogP contribution in [0.2, 0.25) is 0 Å². The smallest absolute Gasteiger partial charge is 0.291 e. The first-order chi connectivity index (χ1) is 17.2. The van der Waals surface area contributed by atoms with Crippen molar-refractivity contribution in [1.82, 2.24) is 9.80 Å². The fourth-order valence-electron chi connectivity index (χ4n) is 5.53. The molecule has 1 fully saturated rings. The van der Waals surface area contributed by atoms with E-state index in [-0.39, 0.29) is 18.7 Å². The van der Waals surface area contributed by atoms with Gasteiger partial charge in [-0.2, -0.15) is 0 Å². The molecule has 35 heavy (non-hydrogen) atoms. The van der Waals surface area contributed by atoms with Crippen LogP contribution < -0.4 is 14.8 Å². The van der Waals surface area contributed by atoms with Crippen molar-refractivity contribution in [3.8, 4) is 11.5 Å². The molecule has 7 nitrogen and oxygen atoms in total. The number of benzene rings is 1. The highest BCUT2D eigenvalue weighted by molar-refractivity contribution is 7.16. The summed E-state index contributed by atoms with van der Waals surface area (Å²) in [4.78, 5) is 19.5. The topological polar surface area (TPSA) is 67.2 Å². The summed E-state index contributed by atoms with van der Waals surface area (Å²) in [5, 5.41) is 4.17. The number of piperazine rings is 1. The molecule has 0 bridgehead atoms. The van der Waals surface area contributed by atoms with Crippen LogP contribution in [-0.2, 0) is 12.8 Å². The molecule has 2 aliphatic heterocycles. The molecule has 1 atom stereocenters. The zero-order valence-corrected chi connectivity index (χ0v) is 20.9. The number of hydrogen-bond donors (Lipinski definition) is 1. The lowest BCUT2D eigenvalue weighted by Gasteiger charge is -2.40. The second-order valence-electron chi connectivity index (χ2n) is 9.37. The van der Waals surface area contributed by atoms with E-state index in [9.17, 15) is 4.79 Å². The first-order valence-corrected chi connectivity index (χ1v) is 13.4. The van der Waals surface area contributed by atoms with Crippen LogP contribution in [0.25, 0.3) is 0 Å². The highest BCUT2D eigenvalue weighted by Gasteiger charge is 2.34. The Kier molecular flexibility index (Phi) is 6.26. The summed E-state index contributed by atoms with van der Waals surface area (Å²) in [5.74, 6) is 1.72. The molecule has 3 aliphatic rings. The van der Waals surface area contributed by atoms with Crippen LogP contribution in [0.5, 0.6) is 11.5 Å². The number of amides is 1. The maximum Gasteiger partial charge on any atom is 0.291 e. The molecule has 8 heteroatoms. The summed E-state index contributed by atoms with van der Waals surface area (Å²) < 4.78 is 16.7. The van der Waals surface area contributed by atoms with Crippen LogP contribution in [0.4, 0.5) is 5.00 Å². The number of nitrogens with one attached hydrogen (secondary N) is 1.